The van der Waals surface area contributed by atoms with E-state index in [4.69, 9.17) is 5.73 Å². The Morgan fingerprint density at radius 3 is 2.44 bits per heavy atom. The first kappa shape index (κ1) is 10.7. The highest BCUT2D eigenvalue weighted by atomic mass is 16.1. The SMILES string of the molecule is NC(=O)c1ccc2c(c1)CC(=O)c1ccccc1-2. The molecule has 0 saturated heterocycles. The van der Waals surface area contributed by atoms with Crippen LogP contribution in [0.15, 0.2) is 42.5 Å². The fraction of sp³-hybridized carbons (Fsp3) is 0.0667. The highest BCUT2D eigenvalue weighted by Gasteiger charge is 2.22. The summed E-state index contributed by atoms with van der Waals surface area (Å²) in [6, 6.07) is 12.8. The average Bonchev–Trinajstić information content (AvgIpc) is 2.38. The molecule has 0 bridgehead atoms. The second kappa shape index (κ2) is 3.81. The number of rotatable bonds is 1. The molecule has 1 aliphatic rings. The van der Waals surface area contributed by atoms with E-state index in [-0.39, 0.29) is 5.78 Å². The number of amides is 1. The largest absolute Gasteiger partial charge is 0.366 e. The Morgan fingerprint density at radius 1 is 1.00 bits per heavy atom. The Labute approximate surface area is 104 Å². The first-order chi connectivity index (χ1) is 8.66. The molecule has 0 fully saturated rings. The monoisotopic (exact) mass is 237 g/mol. The maximum absolute atomic E-state index is 12.0. The van der Waals surface area contributed by atoms with Crippen LogP contribution in [-0.4, -0.2) is 11.7 Å². The number of carbonyl (C=O) groups is 2. The number of primary amides is 1. The predicted molar refractivity (Wildman–Crippen MR) is 68.4 cm³/mol. The van der Waals surface area contributed by atoms with Crippen molar-refractivity contribution in [2.24, 2.45) is 5.73 Å². The van der Waals surface area contributed by atoms with Crippen LogP contribution >= 0.6 is 0 Å². The van der Waals surface area contributed by atoms with Gasteiger partial charge in [-0.2, -0.15) is 0 Å². The predicted octanol–water partition coefficient (Wildman–Crippen LogP) is 2.19. The number of fused-ring (bicyclic) bond motifs is 3. The summed E-state index contributed by atoms with van der Waals surface area (Å²) in [5.74, 6) is -0.385. The lowest BCUT2D eigenvalue weighted by Gasteiger charge is -2.19. The smallest absolute Gasteiger partial charge is 0.248 e. The number of Topliss-reactive ketones (excluding diaryl/α,β-unsaturated/α-hetero) is 1. The van der Waals surface area contributed by atoms with E-state index in [0.717, 1.165) is 22.3 Å². The van der Waals surface area contributed by atoms with Gasteiger partial charge in [-0.25, -0.2) is 0 Å². The molecular formula is C15H11NO2. The van der Waals surface area contributed by atoms with Crippen LogP contribution < -0.4 is 5.73 Å². The van der Waals surface area contributed by atoms with Crippen LogP contribution in [0.4, 0.5) is 0 Å². The normalized spacial score (nSPS) is 12.8. The summed E-state index contributed by atoms with van der Waals surface area (Å²) in [7, 11) is 0. The Morgan fingerprint density at radius 2 is 1.72 bits per heavy atom. The third-order valence-electron chi connectivity index (χ3n) is 3.26. The molecule has 88 valence electrons. The van der Waals surface area contributed by atoms with E-state index in [2.05, 4.69) is 0 Å². The van der Waals surface area contributed by atoms with Crippen molar-refractivity contribution in [1.82, 2.24) is 0 Å². The second-order valence-electron chi connectivity index (χ2n) is 4.38. The molecule has 2 aromatic rings. The summed E-state index contributed by atoms with van der Waals surface area (Å²) >= 11 is 0. The number of benzene rings is 2. The van der Waals surface area contributed by atoms with Gasteiger partial charge in [-0.15, -0.1) is 0 Å². The van der Waals surface area contributed by atoms with Crippen LogP contribution in [0.2, 0.25) is 0 Å². The van der Waals surface area contributed by atoms with Crippen molar-refractivity contribution >= 4 is 11.7 Å². The molecule has 0 atom stereocenters. The van der Waals surface area contributed by atoms with Gasteiger partial charge in [0.25, 0.3) is 0 Å². The van der Waals surface area contributed by atoms with Gasteiger partial charge in [0.05, 0.1) is 0 Å². The van der Waals surface area contributed by atoms with Gasteiger partial charge in [0, 0.05) is 17.5 Å². The molecule has 0 aromatic heterocycles. The minimum Gasteiger partial charge on any atom is -0.366 e. The summed E-state index contributed by atoms with van der Waals surface area (Å²) in [5.41, 5.74) is 9.25. The lowest BCUT2D eigenvalue weighted by molar-refractivity contribution is 0.0983. The molecule has 0 heterocycles. The molecule has 0 unspecified atom stereocenters. The van der Waals surface area contributed by atoms with Crippen molar-refractivity contribution in [2.75, 3.05) is 0 Å². The standard InChI is InChI=1S/C15H11NO2/c16-15(18)9-5-6-11-10(7-9)8-14(17)13-4-2-1-3-12(11)13/h1-7H,8H2,(H2,16,18). The highest BCUT2D eigenvalue weighted by molar-refractivity contribution is 6.08. The van der Waals surface area contributed by atoms with E-state index in [1.165, 1.54) is 0 Å². The minimum atomic E-state index is -0.468. The maximum atomic E-state index is 12.0. The third kappa shape index (κ3) is 1.52. The fourth-order valence-electron chi connectivity index (χ4n) is 2.39. The zero-order chi connectivity index (χ0) is 12.7. The summed E-state index contributed by atoms with van der Waals surface area (Å²) in [4.78, 5) is 23.2. The molecular weight excluding hydrogens is 226 g/mol. The van der Waals surface area contributed by atoms with Crippen molar-refractivity contribution in [2.45, 2.75) is 6.42 Å². The van der Waals surface area contributed by atoms with Gasteiger partial charge in [-0.3, -0.25) is 9.59 Å². The molecule has 0 aliphatic heterocycles. The molecule has 3 rings (SSSR count). The average molecular weight is 237 g/mol. The summed E-state index contributed by atoms with van der Waals surface area (Å²) < 4.78 is 0. The van der Waals surface area contributed by atoms with Crippen LogP contribution in [-0.2, 0) is 6.42 Å². The molecule has 1 aliphatic carbocycles. The topological polar surface area (TPSA) is 60.2 Å². The first-order valence-corrected chi connectivity index (χ1v) is 5.72. The highest BCUT2D eigenvalue weighted by Crippen LogP contribution is 2.33. The van der Waals surface area contributed by atoms with Crippen molar-refractivity contribution in [3.63, 3.8) is 0 Å². The van der Waals surface area contributed by atoms with Gasteiger partial charge in [-0.05, 0) is 28.8 Å². The van der Waals surface area contributed by atoms with Crippen LogP contribution in [0, 0.1) is 0 Å². The van der Waals surface area contributed by atoms with Gasteiger partial charge in [0.2, 0.25) is 5.91 Å². The van der Waals surface area contributed by atoms with E-state index in [1.54, 1.807) is 12.1 Å². The van der Waals surface area contributed by atoms with Gasteiger partial charge in [-0.1, -0.05) is 30.3 Å². The Hall–Kier alpha value is -2.42. The van der Waals surface area contributed by atoms with E-state index in [1.807, 2.05) is 30.3 Å². The quantitative estimate of drug-likeness (QED) is 0.826. The van der Waals surface area contributed by atoms with Crippen molar-refractivity contribution in [3.05, 3.63) is 59.2 Å². The summed E-state index contributed by atoms with van der Waals surface area (Å²) in [5, 5.41) is 0. The lowest BCUT2D eigenvalue weighted by atomic mass is 9.84. The molecule has 1 amide bonds. The maximum Gasteiger partial charge on any atom is 0.248 e. The molecule has 3 heteroatoms. The van der Waals surface area contributed by atoms with Crippen molar-refractivity contribution < 1.29 is 9.59 Å². The number of hydrogen-bond acceptors (Lipinski definition) is 2. The summed E-state index contributed by atoms with van der Waals surface area (Å²) in [6.07, 6.45) is 0.327. The Kier molecular flexibility index (Phi) is 2.27. The van der Waals surface area contributed by atoms with Gasteiger partial charge in [0.1, 0.15) is 0 Å². The van der Waals surface area contributed by atoms with E-state index in [0.29, 0.717) is 12.0 Å². The minimum absolute atomic E-state index is 0.0831. The third-order valence-corrected chi connectivity index (χ3v) is 3.26. The molecule has 2 aromatic carbocycles. The second-order valence-corrected chi connectivity index (χ2v) is 4.38. The Balaban J connectivity index is 2.24. The van der Waals surface area contributed by atoms with Crippen LogP contribution in [0.5, 0.6) is 0 Å². The van der Waals surface area contributed by atoms with Crippen molar-refractivity contribution in [1.29, 1.82) is 0 Å². The molecule has 0 radical (unpaired) electrons. The fourth-order valence-corrected chi connectivity index (χ4v) is 2.39. The molecule has 2 N–H and O–H groups in total. The number of nitrogens with two attached hydrogens (primary N) is 1. The van der Waals surface area contributed by atoms with Crippen LogP contribution in [0.25, 0.3) is 11.1 Å². The van der Waals surface area contributed by atoms with E-state index >= 15 is 0 Å². The van der Waals surface area contributed by atoms with E-state index < -0.39 is 5.91 Å². The van der Waals surface area contributed by atoms with Crippen LogP contribution in [0.3, 0.4) is 0 Å². The van der Waals surface area contributed by atoms with Gasteiger partial charge >= 0.3 is 0 Å². The lowest BCUT2D eigenvalue weighted by Crippen LogP contribution is -2.15. The summed E-state index contributed by atoms with van der Waals surface area (Å²) in [6.45, 7) is 0. The molecule has 3 nitrogen and oxygen atoms in total. The number of hydrogen-bond donors (Lipinski definition) is 1. The Bertz CT molecular complexity index is 674. The van der Waals surface area contributed by atoms with E-state index in [9.17, 15) is 9.59 Å². The van der Waals surface area contributed by atoms with Gasteiger partial charge in [0.15, 0.2) is 5.78 Å². The van der Waals surface area contributed by atoms with Crippen LogP contribution in [0.1, 0.15) is 26.3 Å². The molecule has 0 spiro atoms. The van der Waals surface area contributed by atoms with Crippen molar-refractivity contribution in [3.8, 4) is 11.1 Å². The van der Waals surface area contributed by atoms with Gasteiger partial charge < -0.3 is 5.73 Å². The number of ketones is 1. The zero-order valence-corrected chi connectivity index (χ0v) is 9.64. The molecule has 0 saturated carbocycles. The number of carbonyl (C=O) groups excluding carboxylic acids is 2. The zero-order valence-electron chi connectivity index (χ0n) is 9.64. The first-order valence-electron chi connectivity index (χ1n) is 5.72. The molecule has 18 heavy (non-hydrogen) atoms.